The number of anilines is 1. The van der Waals surface area contributed by atoms with Crippen LogP contribution in [-0.2, 0) is 0 Å². The number of hydrogen-bond donors (Lipinski definition) is 1. The van der Waals surface area contributed by atoms with Crippen LogP contribution >= 0.6 is 11.8 Å². The van der Waals surface area contributed by atoms with Gasteiger partial charge in [-0.2, -0.15) is 4.98 Å². The van der Waals surface area contributed by atoms with E-state index in [4.69, 9.17) is 9.72 Å². The van der Waals surface area contributed by atoms with Gasteiger partial charge in [0.25, 0.3) is 0 Å². The van der Waals surface area contributed by atoms with Crippen molar-refractivity contribution in [1.29, 1.82) is 0 Å². The maximum Gasteiger partial charge on any atom is 0.247 e. The number of benzene rings is 1. The lowest BCUT2D eigenvalue weighted by Gasteiger charge is -2.48. The van der Waals surface area contributed by atoms with Gasteiger partial charge in [0, 0.05) is 22.9 Å². The summed E-state index contributed by atoms with van der Waals surface area (Å²) < 4.78 is 6.69. The van der Waals surface area contributed by atoms with E-state index in [1.54, 1.807) is 17.3 Å². The Morgan fingerprint density at radius 3 is 2.91 bits per heavy atom. The van der Waals surface area contributed by atoms with Crippen LogP contribution in [0.15, 0.2) is 41.1 Å². The van der Waals surface area contributed by atoms with Gasteiger partial charge in [-0.3, -0.25) is 0 Å². The van der Waals surface area contributed by atoms with E-state index in [1.807, 2.05) is 6.07 Å². The second-order valence-corrected chi connectivity index (χ2v) is 11.7. The van der Waals surface area contributed by atoms with Crippen LogP contribution < -0.4 is 10.1 Å². The number of nitrogens with zero attached hydrogens (tertiary/aromatic N) is 3. The number of unbranched alkanes of at least 4 members (excludes halogenated alkanes) is 1. The zero-order chi connectivity index (χ0) is 23.0. The molecule has 1 aliphatic heterocycles. The topological polar surface area (TPSA) is 59.9 Å². The molecule has 4 atom stereocenters. The Morgan fingerprint density at radius 2 is 2.06 bits per heavy atom. The Hall–Kier alpha value is -2.08. The van der Waals surface area contributed by atoms with E-state index in [0.29, 0.717) is 34.2 Å². The van der Waals surface area contributed by atoms with E-state index < -0.39 is 0 Å². The van der Waals surface area contributed by atoms with Gasteiger partial charge in [-0.15, -0.1) is 10.2 Å². The molecular weight excluding hydrogens is 428 g/mol. The number of fused-ring (bicyclic) bond motifs is 4. The molecule has 33 heavy (non-hydrogen) atoms. The summed E-state index contributed by atoms with van der Waals surface area (Å²) in [6.45, 7) is 9.48. The van der Waals surface area contributed by atoms with Crippen LogP contribution in [0.4, 0.5) is 5.69 Å². The number of ether oxygens (including phenoxy) is 1. The molecule has 1 saturated carbocycles. The highest BCUT2D eigenvalue weighted by molar-refractivity contribution is 7.99. The molecule has 1 aromatic heterocycles. The fourth-order valence-electron chi connectivity index (χ4n) is 5.82. The minimum Gasteiger partial charge on any atom is -0.452 e. The van der Waals surface area contributed by atoms with Crippen molar-refractivity contribution in [2.75, 3.05) is 11.1 Å². The molecule has 5 rings (SSSR count). The summed E-state index contributed by atoms with van der Waals surface area (Å²) in [6, 6.07) is 8.32. The van der Waals surface area contributed by atoms with Crippen molar-refractivity contribution < 1.29 is 4.74 Å². The molecule has 1 fully saturated rings. The third-order valence-corrected chi connectivity index (χ3v) is 8.78. The molecule has 2 heterocycles. The summed E-state index contributed by atoms with van der Waals surface area (Å²) in [4.78, 5) is 4.84. The molecule has 0 amide bonds. The zero-order valence-electron chi connectivity index (χ0n) is 20.3. The Morgan fingerprint density at radius 1 is 1.21 bits per heavy atom. The molecule has 0 radical (unpaired) electrons. The fraction of sp³-hybridized carbons (Fsp3) is 0.593. The fourth-order valence-corrected chi connectivity index (χ4v) is 6.69. The van der Waals surface area contributed by atoms with Crippen molar-refractivity contribution in [1.82, 2.24) is 15.2 Å². The average Bonchev–Trinajstić information content (AvgIpc) is 2.95. The molecule has 0 unspecified atom stereocenters. The van der Waals surface area contributed by atoms with E-state index in [1.165, 1.54) is 12.8 Å². The van der Waals surface area contributed by atoms with Crippen LogP contribution in [0.5, 0.6) is 5.88 Å². The number of aromatic nitrogens is 3. The molecule has 1 aromatic carbocycles. The summed E-state index contributed by atoms with van der Waals surface area (Å²) in [5.41, 5.74) is 4.82. The predicted molar refractivity (Wildman–Crippen MR) is 135 cm³/mol. The Bertz CT molecular complexity index is 1040. The number of hydrogen-bond acceptors (Lipinski definition) is 6. The number of para-hydroxylation sites is 1. The molecule has 0 saturated heterocycles. The molecule has 1 N–H and O–H groups in total. The minimum absolute atomic E-state index is 0.133. The lowest BCUT2D eigenvalue weighted by Crippen LogP contribution is -2.45. The van der Waals surface area contributed by atoms with Crippen molar-refractivity contribution in [2.24, 2.45) is 23.2 Å². The molecule has 6 heteroatoms. The normalized spacial score (nSPS) is 27.7. The van der Waals surface area contributed by atoms with Crippen LogP contribution in [0.25, 0.3) is 11.3 Å². The first-order chi connectivity index (χ1) is 16.0. The average molecular weight is 465 g/mol. The second-order valence-electron chi connectivity index (χ2n) is 10.6. The second kappa shape index (κ2) is 9.28. The highest BCUT2D eigenvalue weighted by Gasteiger charge is 2.44. The summed E-state index contributed by atoms with van der Waals surface area (Å²) in [5, 5.41) is 13.4. The Labute approximate surface area is 202 Å². The standard InChI is InChI=1S/C27H36N4OS/c1-5-6-14-33-26-29-25-23(30-31-26)19-11-7-8-12-22(19)28-24(32-25)20-16-21-18(15-17(20)2)10-9-13-27(21,3)4/h7-8,10-12,17,20-21,24,28H,5-6,9,13-16H2,1-4H3/t17-,20+,21-,24+/m0/s1. The molecular formula is C27H36N4OS. The zero-order valence-corrected chi connectivity index (χ0v) is 21.1. The molecule has 0 spiro atoms. The smallest absolute Gasteiger partial charge is 0.247 e. The first-order valence-electron chi connectivity index (χ1n) is 12.6. The van der Waals surface area contributed by atoms with Crippen LogP contribution in [0.3, 0.4) is 0 Å². The van der Waals surface area contributed by atoms with Crippen LogP contribution in [0, 0.1) is 23.2 Å². The summed E-state index contributed by atoms with van der Waals surface area (Å²) in [6.07, 6.45) is 9.48. The van der Waals surface area contributed by atoms with Gasteiger partial charge in [-0.05, 0) is 55.4 Å². The van der Waals surface area contributed by atoms with Gasteiger partial charge in [-0.25, -0.2) is 0 Å². The molecule has 176 valence electrons. The van der Waals surface area contributed by atoms with Crippen LogP contribution in [0.2, 0.25) is 0 Å². The summed E-state index contributed by atoms with van der Waals surface area (Å²) >= 11 is 1.67. The van der Waals surface area contributed by atoms with Crippen molar-refractivity contribution in [3.63, 3.8) is 0 Å². The number of thioether (sulfide) groups is 1. The Balaban J connectivity index is 1.48. The highest BCUT2D eigenvalue weighted by Crippen LogP contribution is 2.52. The predicted octanol–water partition coefficient (Wildman–Crippen LogP) is 6.97. The molecule has 2 aliphatic carbocycles. The van der Waals surface area contributed by atoms with Gasteiger partial charge >= 0.3 is 0 Å². The van der Waals surface area contributed by atoms with Gasteiger partial charge in [-0.1, -0.05) is 75.7 Å². The highest BCUT2D eigenvalue weighted by atomic mass is 32.2. The lowest BCUT2D eigenvalue weighted by atomic mass is 9.59. The van der Waals surface area contributed by atoms with E-state index in [-0.39, 0.29) is 6.23 Å². The largest absolute Gasteiger partial charge is 0.452 e. The first kappa shape index (κ1) is 22.7. The molecule has 5 nitrogen and oxygen atoms in total. The third kappa shape index (κ3) is 4.51. The Kier molecular flexibility index (Phi) is 6.39. The maximum atomic E-state index is 6.69. The van der Waals surface area contributed by atoms with Gasteiger partial charge in [0.15, 0.2) is 11.9 Å². The summed E-state index contributed by atoms with van der Waals surface area (Å²) in [5.74, 6) is 3.18. The number of allylic oxidation sites excluding steroid dienone is 2. The quantitative estimate of drug-likeness (QED) is 0.293. The molecule has 0 bridgehead atoms. The van der Waals surface area contributed by atoms with Gasteiger partial charge < -0.3 is 10.1 Å². The van der Waals surface area contributed by atoms with Crippen molar-refractivity contribution in [3.05, 3.63) is 35.9 Å². The lowest BCUT2D eigenvalue weighted by molar-refractivity contribution is 0.0519. The molecule has 3 aliphatic rings. The van der Waals surface area contributed by atoms with Gasteiger partial charge in [0.2, 0.25) is 11.0 Å². The summed E-state index contributed by atoms with van der Waals surface area (Å²) in [7, 11) is 0. The van der Waals surface area contributed by atoms with E-state index in [2.05, 4.69) is 67.5 Å². The van der Waals surface area contributed by atoms with Crippen molar-refractivity contribution in [3.8, 4) is 17.1 Å². The monoisotopic (exact) mass is 464 g/mol. The van der Waals surface area contributed by atoms with E-state index in [9.17, 15) is 0 Å². The van der Waals surface area contributed by atoms with Crippen LogP contribution in [0.1, 0.15) is 66.2 Å². The first-order valence-corrected chi connectivity index (χ1v) is 13.5. The number of nitrogens with one attached hydrogen (secondary N) is 1. The third-order valence-electron chi connectivity index (χ3n) is 7.85. The maximum absolute atomic E-state index is 6.69. The van der Waals surface area contributed by atoms with Crippen molar-refractivity contribution >= 4 is 17.4 Å². The molecule has 2 aromatic rings. The van der Waals surface area contributed by atoms with Crippen LogP contribution in [-0.4, -0.2) is 27.2 Å². The van der Waals surface area contributed by atoms with Gasteiger partial charge in [0.1, 0.15) is 0 Å². The van der Waals surface area contributed by atoms with Crippen molar-refractivity contribution in [2.45, 2.75) is 77.6 Å². The van der Waals surface area contributed by atoms with Gasteiger partial charge in [0.05, 0.1) is 0 Å². The minimum atomic E-state index is -0.133. The van der Waals surface area contributed by atoms with E-state index in [0.717, 1.165) is 48.4 Å². The number of rotatable bonds is 5. The SMILES string of the molecule is CCCCSc1nnc2c(n1)O[C@H]([C@@H]1C[C@H]3C(=CCCC3(C)C)C[C@@H]1C)Nc1ccccc1-2. The van der Waals surface area contributed by atoms with E-state index >= 15 is 0 Å².